The van der Waals surface area contributed by atoms with E-state index in [1.54, 1.807) is 39.5 Å². The number of aromatic nitrogens is 1. The predicted octanol–water partition coefficient (Wildman–Crippen LogP) is 3.50. The molecule has 0 aliphatic carbocycles. The van der Waals surface area contributed by atoms with E-state index in [4.69, 9.17) is 14.2 Å². The van der Waals surface area contributed by atoms with Crippen LogP contribution in [0, 0.1) is 12.7 Å². The quantitative estimate of drug-likeness (QED) is 0.652. The molecule has 0 bridgehead atoms. The monoisotopic (exact) mass is 386 g/mol. The Balaban J connectivity index is 1.76. The van der Waals surface area contributed by atoms with E-state index in [0.717, 1.165) is 27.7 Å². The zero-order chi connectivity index (χ0) is 20.3. The molecule has 1 aromatic heterocycles. The van der Waals surface area contributed by atoms with E-state index in [1.807, 2.05) is 6.92 Å². The summed E-state index contributed by atoms with van der Waals surface area (Å²) in [7, 11) is 4.65. The number of H-pyrrole nitrogens is 1. The molecular weight excluding hydrogens is 363 g/mol. The number of carbonyl (C=O) groups is 1. The smallest absolute Gasteiger partial charge is 0.224 e. The van der Waals surface area contributed by atoms with Gasteiger partial charge in [0.2, 0.25) is 5.91 Å². The van der Waals surface area contributed by atoms with E-state index < -0.39 is 0 Å². The minimum absolute atomic E-state index is 0.144. The number of halogens is 1. The number of benzene rings is 2. The van der Waals surface area contributed by atoms with E-state index in [1.165, 1.54) is 12.1 Å². The molecule has 3 aromatic rings. The second kappa shape index (κ2) is 8.21. The SMILES string of the molecule is COc1cc(OC)c(OC)cc1CNC(=O)Cc1c(C)[nH]c2ccc(F)cc12. The number of ether oxygens (including phenoxy) is 3. The molecule has 2 aromatic carbocycles. The first-order chi connectivity index (χ1) is 13.5. The second-order valence-corrected chi connectivity index (χ2v) is 6.39. The molecule has 0 radical (unpaired) electrons. The van der Waals surface area contributed by atoms with Gasteiger partial charge in [0.1, 0.15) is 11.6 Å². The van der Waals surface area contributed by atoms with Gasteiger partial charge in [0.25, 0.3) is 0 Å². The summed E-state index contributed by atoms with van der Waals surface area (Å²) in [6.07, 6.45) is 0.144. The van der Waals surface area contributed by atoms with Crippen LogP contribution in [0.5, 0.6) is 17.2 Å². The highest BCUT2D eigenvalue weighted by Crippen LogP contribution is 2.34. The molecule has 0 aliphatic heterocycles. The van der Waals surface area contributed by atoms with E-state index in [9.17, 15) is 9.18 Å². The zero-order valence-electron chi connectivity index (χ0n) is 16.3. The summed E-state index contributed by atoms with van der Waals surface area (Å²) >= 11 is 0. The molecule has 2 N–H and O–H groups in total. The molecule has 0 unspecified atom stereocenters. The van der Waals surface area contributed by atoms with Crippen molar-refractivity contribution in [3.05, 3.63) is 53.0 Å². The fourth-order valence-corrected chi connectivity index (χ4v) is 3.23. The first-order valence-corrected chi connectivity index (χ1v) is 8.79. The van der Waals surface area contributed by atoms with Crippen molar-refractivity contribution < 1.29 is 23.4 Å². The molecule has 6 nitrogen and oxygen atoms in total. The van der Waals surface area contributed by atoms with Gasteiger partial charge in [-0.1, -0.05) is 0 Å². The molecule has 28 heavy (non-hydrogen) atoms. The Hall–Kier alpha value is -3.22. The van der Waals surface area contributed by atoms with Gasteiger partial charge in [-0.15, -0.1) is 0 Å². The average Bonchev–Trinajstić information content (AvgIpc) is 3.00. The van der Waals surface area contributed by atoms with E-state index in [0.29, 0.717) is 17.2 Å². The third-order valence-electron chi connectivity index (χ3n) is 4.68. The van der Waals surface area contributed by atoms with Crippen LogP contribution in [0.1, 0.15) is 16.8 Å². The topological polar surface area (TPSA) is 72.6 Å². The Kier molecular flexibility index (Phi) is 5.73. The van der Waals surface area contributed by atoms with Crippen LogP contribution in [0.3, 0.4) is 0 Å². The summed E-state index contributed by atoms with van der Waals surface area (Å²) in [6.45, 7) is 2.13. The van der Waals surface area contributed by atoms with Gasteiger partial charge in [0.15, 0.2) is 11.5 Å². The average molecular weight is 386 g/mol. The summed E-state index contributed by atoms with van der Waals surface area (Å²) in [5, 5.41) is 3.60. The van der Waals surface area contributed by atoms with Crippen molar-refractivity contribution in [3.8, 4) is 17.2 Å². The van der Waals surface area contributed by atoms with Gasteiger partial charge in [-0.25, -0.2) is 4.39 Å². The fraction of sp³-hybridized carbons (Fsp3) is 0.286. The number of carbonyl (C=O) groups excluding carboxylic acids is 1. The van der Waals surface area contributed by atoms with Crippen LogP contribution in [0.25, 0.3) is 10.9 Å². The van der Waals surface area contributed by atoms with Crippen molar-refractivity contribution in [2.24, 2.45) is 0 Å². The number of aryl methyl sites for hydroxylation is 1. The molecule has 0 saturated heterocycles. The summed E-state index contributed by atoms with van der Waals surface area (Å²) in [4.78, 5) is 15.7. The maximum absolute atomic E-state index is 13.6. The van der Waals surface area contributed by atoms with Crippen LogP contribution in [0.15, 0.2) is 30.3 Å². The lowest BCUT2D eigenvalue weighted by atomic mass is 10.1. The third kappa shape index (κ3) is 3.88. The minimum atomic E-state index is -0.330. The van der Waals surface area contributed by atoms with Crippen LogP contribution in [-0.4, -0.2) is 32.2 Å². The summed E-state index contributed by atoms with van der Waals surface area (Å²) in [6, 6.07) is 8.00. The van der Waals surface area contributed by atoms with Crippen molar-refractivity contribution in [3.63, 3.8) is 0 Å². The van der Waals surface area contributed by atoms with Crippen LogP contribution >= 0.6 is 0 Å². The van der Waals surface area contributed by atoms with Crippen LogP contribution in [0.4, 0.5) is 4.39 Å². The van der Waals surface area contributed by atoms with E-state index in [2.05, 4.69) is 10.3 Å². The van der Waals surface area contributed by atoms with Gasteiger partial charge in [0, 0.05) is 34.8 Å². The normalized spacial score (nSPS) is 10.8. The molecule has 0 saturated carbocycles. The first kappa shape index (κ1) is 19.5. The van der Waals surface area contributed by atoms with Gasteiger partial charge >= 0.3 is 0 Å². The van der Waals surface area contributed by atoms with Crippen molar-refractivity contribution in [2.75, 3.05) is 21.3 Å². The highest BCUT2D eigenvalue weighted by molar-refractivity contribution is 5.90. The van der Waals surface area contributed by atoms with Gasteiger partial charge in [-0.05, 0) is 36.8 Å². The van der Waals surface area contributed by atoms with Gasteiger partial charge in [-0.3, -0.25) is 4.79 Å². The number of nitrogens with one attached hydrogen (secondary N) is 2. The Morgan fingerprint density at radius 2 is 1.71 bits per heavy atom. The third-order valence-corrected chi connectivity index (χ3v) is 4.68. The number of rotatable bonds is 7. The Bertz CT molecular complexity index is 1010. The maximum atomic E-state index is 13.6. The highest BCUT2D eigenvalue weighted by atomic mass is 19.1. The molecule has 0 aliphatic rings. The second-order valence-electron chi connectivity index (χ2n) is 6.39. The molecule has 0 fully saturated rings. The lowest BCUT2D eigenvalue weighted by Crippen LogP contribution is -2.25. The van der Waals surface area contributed by atoms with Crippen molar-refractivity contribution in [2.45, 2.75) is 19.9 Å². The first-order valence-electron chi connectivity index (χ1n) is 8.79. The van der Waals surface area contributed by atoms with Gasteiger partial charge in [-0.2, -0.15) is 0 Å². The molecule has 7 heteroatoms. The number of hydrogen-bond donors (Lipinski definition) is 2. The molecule has 148 valence electrons. The van der Waals surface area contributed by atoms with E-state index >= 15 is 0 Å². The molecule has 1 amide bonds. The number of aromatic amines is 1. The standard InChI is InChI=1S/C21H23FN2O4/c1-12-15(16-8-14(22)5-6-17(16)24-12)9-21(25)23-11-13-7-19(27-3)20(28-4)10-18(13)26-2/h5-8,10,24H,9,11H2,1-4H3,(H,23,25). The van der Waals surface area contributed by atoms with Crippen molar-refractivity contribution >= 4 is 16.8 Å². The van der Waals surface area contributed by atoms with Crippen molar-refractivity contribution in [1.29, 1.82) is 0 Å². The lowest BCUT2D eigenvalue weighted by Gasteiger charge is -2.14. The van der Waals surface area contributed by atoms with Gasteiger partial charge < -0.3 is 24.5 Å². The lowest BCUT2D eigenvalue weighted by molar-refractivity contribution is -0.120. The molecule has 0 spiro atoms. The highest BCUT2D eigenvalue weighted by Gasteiger charge is 2.15. The minimum Gasteiger partial charge on any atom is -0.496 e. The molecule has 1 heterocycles. The Labute approximate surface area is 162 Å². The zero-order valence-corrected chi connectivity index (χ0v) is 16.3. The van der Waals surface area contributed by atoms with Crippen LogP contribution in [-0.2, 0) is 17.8 Å². The predicted molar refractivity (Wildman–Crippen MR) is 105 cm³/mol. The molecular formula is C21H23FN2O4. The van der Waals surface area contributed by atoms with Crippen LogP contribution in [0.2, 0.25) is 0 Å². The summed E-state index contributed by atoms with van der Waals surface area (Å²) in [5.74, 6) is 1.18. The number of amides is 1. The summed E-state index contributed by atoms with van der Waals surface area (Å²) < 4.78 is 29.6. The summed E-state index contributed by atoms with van der Waals surface area (Å²) in [5.41, 5.74) is 3.20. The Morgan fingerprint density at radius 1 is 1.04 bits per heavy atom. The largest absolute Gasteiger partial charge is 0.496 e. The maximum Gasteiger partial charge on any atom is 0.224 e. The number of fused-ring (bicyclic) bond motifs is 1. The van der Waals surface area contributed by atoms with E-state index in [-0.39, 0.29) is 24.7 Å². The van der Waals surface area contributed by atoms with Crippen LogP contribution < -0.4 is 19.5 Å². The molecule has 3 rings (SSSR count). The molecule has 0 atom stereocenters. The fourth-order valence-electron chi connectivity index (χ4n) is 3.23. The van der Waals surface area contributed by atoms with Crippen molar-refractivity contribution in [1.82, 2.24) is 10.3 Å². The number of hydrogen-bond acceptors (Lipinski definition) is 4. The van der Waals surface area contributed by atoms with Gasteiger partial charge in [0.05, 0.1) is 27.8 Å². The Morgan fingerprint density at radius 3 is 2.39 bits per heavy atom. The number of methoxy groups -OCH3 is 3.